The Bertz CT molecular complexity index is 820. The number of ether oxygens (including phenoxy) is 1. The van der Waals surface area contributed by atoms with E-state index in [0.717, 1.165) is 0 Å². The van der Waals surface area contributed by atoms with Crippen molar-refractivity contribution >= 4 is 70.8 Å². The summed E-state index contributed by atoms with van der Waals surface area (Å²) in [5.41, 5.74) is -0.797. The second-order valence-electron chi connectivity index (χ2n) is 7.68. The van der Waals surface area contributed by atoms with Crippen molar-refractivity contribution < 1.29 is 14.9 Å². The summed E-state index contributed by atoms with van der Waals surface area (Å²) in [5, 5.41) is 19.1. The molecule has 2 aliphatic heterocycles. The van der Waals surface area contributed by atoms with Gasteiger partial charge in [-0.05, 0) is 5.82 Å². The van der Waals surface area contributed by atoms with E-state index < -0.39 is 55.2 Å². The summed E-state index contributed by atoms with van der Waals surface area (Å²) >= 11 is 0. The number of nitrogens with one attached hydrogen (secondary N) is 1. The molecule has 10 radical (unpaired) electrons. The molecule has 17 heteroatoms. The lowest BCUT2D eigenvalue weighted by Gasteiger charge is -2.25. The van der Waals surface area contributed by atoms with E-state index in [-0.39, 0.29) is 25.4 Å². The van der Waals surface area contributed by atoms with Gasteiger partial charge in [0, 0.05) is 82.4 Å². The van der Waals surface area contributed by atoms with Crippen molar-refractivity contribution in [3.05, 3.63) is 32.6 Å². The number of aromatic amines is 1. The van der Waals surface area contributed by atoms with Gasteiger partial charge in [0.15, 0.2) is 0 Å². The minimum atomic E-state index is -0.908. The molecule has 0 aromatic carbocycles. The topological polar surface area (TPSA) is 105 Å². The maximum atomic E-state index is 12.4. The van der Waals surface area contributed by atoms with Crippen LogP contribution in [0.5, 0.6) is 0 Å². The zero-order valence-corrected chi connectivity index (χ0v) is 15.3. The van der Waals surface area contributed by atoms with Gasteiger partial charge < -0.3 is 14.9 Å². The molecule has 128 valence electrons. The first-order chi connectivity index (χ1) is 13.1. The molecule has 4 atom stereocenters. The quantitative estimate of drug-likeness (QED) is 0.421. The van der Waals surface area contributed by atoms with Gasteiger partial charge in [-0.2, -0.15) is 0 Å². The number of aliphatic hydroxyl groups excluding tert-OH is 2. The minimum Gasteiger partial charge on any atom is -0.394 e. The zero-order chi connectivity index (χ0) is 20.7. The van der Waals surface area contributed by atoms with Gasteiger partial charge in [0.25, 0.3) is 5.56 Å². The normalized spacial score (nSPS) is 26.1. The summed E-state index contributed by atoms with van der Waals surface area (Å²) in [6, 6.07) is 0. The Morgan fingerprint density at radius 2 is 1.93 bits per heavy atom. The van der Waals surface area contributed by atoms with Crippen molar-refractivity contribution in [3.63, 3.8) is 0 Å². The second-order valence-corrected chi connectivity index (χ2v) is 7.68. The monoisotopic (exact) mass is 364 g/mol. The molecule has 2 unspecified atom stereocenters. The first kappa shape index (κ1) is 21.9. The third kappa shape index (κ3) is 4.21. The molecule has 0 amide bonds. The third-order valence-corrected chi connectivity index (χ3v) is 5.76. The molecule has 3 N–H and O–H groups in total. The van der Waals surface area contributed by atoms with Crippen molar-refractivity contribution in [1.29, 1.82) is 0 Å². The molecule has 2 aliphatic rings. The highest BCUT2D eigenvalue weighted by atomic mass is 16.5. The van der Waals surface area contributed by atoms with E-state index in [0.29, 0.717) is 11.9 Å². The van der Waals surface area contributed by atoms with Crippen LogP contribution in [0.4, 0.5) is 0 Å². The molecule has 0 spiro atoms. The van der Waals surface area contributed by atoms with Crippen LogP contribution in [0, 0.1) is 0 Å². The number of H-pyrrole nitrogens is 1. The van der Waals surface area contributed by atoms with Crippen molar-refractivity contribution in [1.82, 2.24) is 9.55 Å². The Labute approximate surface area is 171 Å². The minimum absolute atomic E-state index is 0.100. The van der Waals surface area contributed by atoms with Crippen LogP contribution in [-0.4, -0.2) is 109 Å². The van der Waals surface area contributed by atoms with E-state index in [1.165, 1.54) is 10.8 Å². The van der Waals surface area contributed by atoms with Crippen LogP contribution in [0.1, 0.15) is 24.0 Å². The van der Waals surface area contributed by atoms with Crippen LogP contribution in [0.2, 0.25) is 6.32 Å². The Hall–Kier alpha value is -0.791. The number of nitrogens with zero attached hydrogens (tertiary/aromatic N) is 1. The van der Waals surface area contributed by atoms with E-state index in [2.05, 4.69) is 4.98 Å². The molecular weight excluding hydrogens is 348 g/mol. The molecule has 2 saturated heterocycles. The Balaban J connectivity index is 1.86. The Morgan fingerprint density at radius 1 is 1.25 bits per heavy atom. The molecule has 3 rings (SSSR count). The van der Waals surface area contributed by atoms with Crippen LogP contribution in [0.3, 0.4) is 0 Å². The molecule has 1 aromatic rings. The predicted octanol–water partition coefficient (Wildman–Crippen LogP) is -5.07. The van der Waals surface area contributed by atoms with E-state index in [4.69, 9.17) is 43.4 Å². The van der Waals surface area contributed by atoms with Gasteiger partial charge in [0.1, 0.15) is 12.3 Å². The van der Waals surface area contributed by atoms with Crippen molar-refractivity contribution in [3.8, 4) is 0 Å². The number of hydrogen-bond acceptors (Lipinski definition) is 5. The van der Waals surface area contributed by atoms with Gasteiger partial charge in [-0.25, -0.2) is 4.79 Å². The number of aromatic nitrogens is 2. The lowest BCUT2D eigenvalue weighted by molar-refractivity contribution is -0.0459. The van der Waals surface area contributed by atoms with Crippen LogP contribution < -0.4 is 11.2 Å². The first-order valence-corrected chi connectivity index (χ1v) is 9.23. The average Bonchev–Trinajstić information content (AvgIpc) is 3.28. The van der Waals surface area contributed by atoms with E-state index in [1.807, 2.05) is 0 Å². The van der Waals surface area contributed by atoms with E-state index >= 15 is 0 Å². The summed E-state index contributed by atoms with van der Waals surface area (Å²) < 4.78 is 6.73. The van der Waals surface area contributed by atoms with Crippen molar-refractivity contribution in [2.75, 3.05) is 6.61 Å². The summed E-state index contributed by atoms with van der Waals surface area (Å²) in [6.07, 6.45) is -2.94. The molecule has 7 nitrogen and oxygen atoms in total. The van der Waals surface area contributed by atoms with Crippen LogP contribution in [0.15, 0.2) is 15.8 Å². The fourth-order valence-electron chi connectivity index (χ4n) is 4.11. The smallest absolute Gasteiger partial charge is 0.330 e. The third-order valence-electron chi connectivity index (χ3n) is 5.76. The Morgan fingerprint density at radius 3 is 2.46 bits per heavy atom. The highest BCUT2D eigenvalue weighted by Gasteiger charge is 2.51. The van der Waals surface area contributed by atoms with Gasteiger partial charge in [-0.15, -0.1) is 0 Å². The molecular formula is C11H14B10N2O5. The lowest BCUT2D eigenvalue weighted by atomic mass is 8.57. The number of hydrogen-bond donors (Lipinski definition) is 3. The second kappa shape index (κ2) is 8.52. The van der Waals surface area contributed by atoms with Crippen molar-refractivity contribution in [2.24, 2.45) is 0 Å². The zero-order valence-electron chi connectivity index (χ0n) is 15.3. The molecule has 0 saturated carbocycles. The Kier molecular flexibility index (Phi) is 6.67. The standard InChI is InChI=1S/C11H14B10N2O5/c12-18(13)20(16)21(19(14)15)17-2-6(17)5-3-23(11(27)22-10(5)26)9-1-7(25)8(4-24)28-9/h3,6-9,24-25H,1-2,4H2,(H,22,26,27)/t6?,7?,8-,9-/m1/s1. The maximum Gasteiger partial charge on any atom is 0.330 e. The van der Waals surface area contributed by atoms with Gasteiger partial charge in [-0.3, -0.25) is 14.3 Å². The van der Waals surface area contributed by atoms with E-state index in [1.54, 1.807) is 0 Å². The highest BCUT2D eigenvalue weighted by Crippen LogP contribution is 2.41. The molecule has 28 heavy (non-hydrogen) atoms. The fourth-order valence-corrected chi connectivity index (χ4v) is 4.11. The highest BCUT2D eigenvalue weighted by molar-refractivity contribution is 8.00. The van der Waals surface area contributed by atoms with Crippen LogP contribution in [-0.2, 0) is 4.74 Å². The summed E-state index contributed by atoms with van der Waals surface area (Å²) in [5.74, 6) is -0.208. The summed E-state index contributed by atoms with van der Waals surface area (Å²) in [4.78, 5) is 26.9. The van der Waals surface area contributed by atoms with Crippen LogP contribution in [0.25, 0.3) is 0 Å². The van der Waals surface area contributed by atoms with Gasteiger partial charge in [0.05, 0.1) is 19.3 Å². The number of aliphatic hydroxyl groups is 2. The molecule has 3 heterocycles. The SMILES string of the molecule is [B]B([B])B([B])B(B([B])[B])B1CC1c1cn([C@H]2CC(O)[C@@H](CO)O2)c(=O)[nH]c1=O. The van der Waals surface area contributed by atoms with Gasteiger partial charge in [-0.1, -0.05) is 6.32 Å². The first-order valence-electron chi connectivity index (χ1n) is 9.23. The summed E-state index contributed by atoms with van der Waals surface area (Å²) in [7, 11) is 29.2. The predicted molar refractivity (Wildman–Crippen MR) is 118 cm³/mol. The summed E-state index contributed by atoms with van der Waals surface area (Å²) in [6.45, 7) is -0.474. The number of rotatable bonds is 7. The lowest BCUT2D eigenvalue weighted by Crippen LogP contribution is -2.63. The van der Waals surface area contributed by atoms with Gasteiger partial charge in [0.2, 0.25) is 0 Å². The fraction of sp³-hybridized carbons (Fsp3) is 0.636. The van der Waals surface area contributed by atoms with Crippen LogP contribution >= 0.6 is 0 Å². The largest absolute Gasteiger partial charge is 0.394 e. The molecule has 0 aliphatic carbocycles. The van der Waals surface area contributed by atoms with Crippen molar-refractivity contribution in [2.45, 2.75) is 37.0 Å². The maximum absolute atomic E-state index is 12.4. The molecule has 0 bridgehead atoms. The average molecular weight is 362 g/mol. The molecule has 2 fully saturated rings. The molecule has 1 aromatic heterocycles. The van der Waals surface area contributed by atoms with E-state index in [9.17, 15) is 19.8 Å². The van der Waals surface area contributed by atoms with Gasteiger partial charge >= 0.3 is 5.69 Å².